The van der Waals surface area contributed by atoms with Gasteiger partial charge in [-0.1, -0.05) is 47.5 Å². The number of aromatic nitrogens is 1. The number of carbonyl (C=O) groups excluding carboxylic acids is 1. The Bertz CT molecular complexity index is 1190. The van der Waals surface area contributed by atoms with Crippen LogP contribution in [0, 0.1) is 0 Å². The quantitative estimate of drug-likeness (QED) is 0.477. The van der Waals surface area contributed by atoms with Crippen molar-refractivity contribution < 1.29 is 9.53 Å². The number of amides is 1. The minimum atomic E-state index is -0.457. The van der Waals surface area contributed by atoms with E-state index < -0.39 is 5.91 Å². The summed E-state index contributed by atoms with van der Waals surface area (Å²) < 4.78 is 7.40. The Morgan fingerprint density at radius 3 is 2.43 bits per heavy atom. The number of fused-ring (bicyclic) bond motifs is 3. The van der Waals surface area contributed by atoms with Crippen LogP contribution < -0.4 is 5.73 Å². The van der Waals surface area contributed by atoms with E-state index in [1.165, 1.54) is 0 Å². The first kappa shape index (κ1) is 18.8. The minimum Gasteiger partial charge on any atom is -0.380 e. The standard InChI is InChI=1S/C22H18Cl2N2O2/c1-28-12-13-8-9-14-20(10-13)26(11-16-17(23)5-3-6-18(16)24)19-7-2-4-15(21(14)19)22(25)27/h2-10H,11-12H2,1H3,(H2,25,27). The Kier molecular flexibility index (Phi) is 5.02. The van der Waals surface area contributed by atoms with Gasteiger partial charge < -0.3 is 15.0 Å². The fraction of sp³-hybridized carbons (Fsp3) is 0.136. The summed E-state index contributed by atoms with van der Waals surface area (Å²) in [6.07, 6.45) is 0. The minimum absolute atomic E-state index is 0.457. The number of nitrogens with two attached hydrogens (primary N) is 1. The molecule has 0 fully saturated rings. The third-order valence-corrected chi connectivity index (χ3v) is 5.62. The predicted octanol–water partition coefficient (Wildman–Crippen LogP) is 5.39. The number of rotatable bonds is 5. The number of hydrogen-bond donors (Lipinski definition) is 1. The van der Waals surface area contributed by atoms with Gasteiger partial charge in [0.2, 0.25) is 5.91 Å². The van der Waals surface area contributed by atoms with Crippen molar-refractivity contribution in [2.45, 2.75) is 13.2 Å². The van der Waals surface area contributed by atoms with Crippen LogP contribution in [0.3, 0.4) is 0 Å². The van der Waals surface area contributed by atoms with E-state index in [4.69, 9.17) is 33.7 Å². The Balaban J connectivity index is 2.05. The summed E-state index contributed by atoms with van der Waals surface area (Å²) in [4.78, 5) is 12.1. The highest BCUT2D eigenvalue weighted by atomic mass is 35.5. The van der Waals surface area contributed by atoms with Crippen LogP contribution in [0.15, 0.2) is 54.6 Å². The van der Waals surface area contributed by atoms with Crippen LogP contribution >= 0.6 is 23.2 Å². The molecule has 0 saturated heterocycles. The highest BCUT2D eigenvalue weighted by Gasteiger charge is 2.18. The first-order chi connectivity index (χ1) is 13.5. The van der Waals surface area contributed by atoms with Gasteiger partial charge in [0.25, 0.3) is 0 Å². The van der Waals surface area contributed by atoms with E-state index >= 15 is 0 Å². The van der Waals surface area contributed by atoms with Gasteiger partial charge in [-0.3, -0.25) is 4.79 Å². The molecule has 0 radical (unpaired) electrons. The second-order valence-corrected chi connectivity index (χ2v) is 7.45. The van der Waals surface area contributed by atoms with Crippen molar-refractivity contribution in [1.29, 1.82) is 0 Å². The van der Waals surface area contributed by atoms with Gasteiger partial charge >= 0.3 is 0 Å². The molecule has 1 heterocycles. The third kappa shape index (κ3) is 3.14. The van der Waals surface area contributed by atoms with Gasteiger partial charge in [0.05, 0.1) is 18.7 Å². The molecular weight excluding hydrogens is 395 g/mol. The fourth-order valence-corrected chi connectivity index (χ4v) is 4.18. The van der Waals surface area contributed by atoms with E-state index in [9.17, 15) is 4.79 Å². The number of methoxy groups -OCH3 is 1. The molecule has 0 aliphatic carbocycles. The molecule has 0 spiro atoms. The van der Waals surface area contributed by atoms with Crippen molar-refractivity contribution in [2.75, 3.05) is 7.11 Å². The largest absolute Gasteiger partial charge is 0.380 e. The molecular formula is C22H18Cl2N2O2. The predicted molar refractivity (Wildman–Crippen MR) is 114 cm³/mol. The maximum atomic E-state index is 12.1. The molecule has 0 aliphatic heterocycles. The second kappa shape index (κ2) is 7.47. The van der Waals surface area contributed by atoms with Crippen LogP contribution in [0.25, 0.3) is 21.8 Å². The molecule has 142 valence electrons. The monoisotopic (exact) mass is 412 g/mol. The van der Waals surface area contributed by atoms with Gasteiger partial charge in [-0.15, -0.1) is 0 Å². The zero-order chi connectivity index (χ0) is 19.8. The highest BCUT2D eigenvalue weighted by Crippen LogP contribution is 2.35. The summed E-state index contributed by atoms with van der Waals surface area (Å²) in [7, 11) is 1.66. The van der Waals surface area contributed by atoms with Crippen LogP contribution in [-0.2, 0) is 17.9 Å². The Morgan fingerprint density at radius 2 is 1.75 bits per heavy atom. The van der Waals surface area contributed by atoms with Crippen LogP contribution in [0.4, 0.5) is 0 Å². The molecule has 0 unspecified atom stereocenters. The van der Waals surface area contributed by atoms with Crippen LogP contribution in [-0.4, -0.2) is 17.6 Å². The van der Waals surface area contributed by atoms with Gasteiger partial charge in [-0.2, -0.15) is 0 Å². The lowest BCUT2D eigenvalue weighted by atomic mass is 10.0. The van der Waals surface area contributed by atoms with E-state index in [2.05, 4.69) is 10.6 Å². The zero-order valence-electron chi connectivity index (χ0n) is 15.2. The average molecular weight is 413 g/mol. The van der Waals surface area contributed by atoms with E-state index in [0.717, 1.165) is 32.9 Å². The van der Waals surface area contributed by atoms with Gasteiger partial charge in [0, 0.05) is 44.6 Å². The lowest BCUT2D eigenvalue weighted by molar-refractivity contribution is 0.100. The van der Waals surface area contributed by atoms with Gasteiger partial charge in [-0.25, -0.2) is 0 Å². The van der Waals surface area contributed by atoms with E-state index in [-0.39, 0.29) is 0 Å². The lowest BCUT2D eigenvalue weighted by Gasteiger charge is -2.12. The van der Waals surface area contributed by atoms with Crippen molar-refractivity contribution in [2.24, 2.45) is 5.73 Å². The number of halogens is 2. The van der Waals surface area contributed by atoms with Gasteiger partial charge in [0.15, 0.2) is 0 Å². The molecule has 0 bridgehead atoms. The fourth-order valence-electron chi connectivity index (χ4n) is 3.66. The SMILES string of the molecule is COCc1ccc2c3c(C(N)=O)cccc3n(Cc3c(Cl)cccc3Cl)c2c1. The molecule has 4 aromatic rings. The number of benzene rings is 3. The Labute approximate surface area is 172 Å². The topological polar surface area (TPSA) is 57.2 Å². The average Bonchev–Trinajstić information content (AvgIpc) is 2.98. The molecule has 0 saturated carbocycles. The molecule has 1 amide bonds. The number of hydrogen-bond acceptors (Lipinski definition) is 2. The molecule has 6 heteroatoms. The van der Waals surface area contributed by atoms with Crippen molar-refractivity contribution in [3.05, 3.63) is 81.3 Å². The molecule has 1 aromatic heterocycles. The first-order valence-electron chi connectivity index (χ1n) is 8.76. The molecule has 0 aliphatic rings. The number of carbonyl (C=O) groups is 1. The summed E-state index contributed by atoms with van der Waals surface area (Å²) in [5, 5.41) is 2.98. The number of ether oxygens (including phenoxy) is 1. The summed E-state index contributed by atoms with van der Waals surface area (Å²) >= 11 is 12.8. The summed E-state index contributed by atoms with van der Waals surface area (Å²) in [6.45, 7) is 0.962. The maximum Gasteiger partial charge on any atom is 0.249 e. The summed E-state index contributed by atoms with van der Waals surface area (Å²) in [6, 6.07) is 17.1. The first-order valence-corrected chi connectivity index (χ1v) is 9.52. The normalized spacial score (nSPS) is 11.4. The number of nitrogens with zero attached hydrogens (tertiary/aromatic N) is 1. The maximum absolute atomic E-state index is 12.1. The van der Waals surface area contributed by atoms with E-state index in [0.29, 0.717) is 28.8 Å². The van der Waals surface area contributed by atoms with Crippen LogP contribution in [0.1, 0.15) is 21.5 Å². The molecule has 0 atom stereocenters. The van der Waals surface area contributed by atoms with E-state index in [1.807, 2.05) is 42.5 Å². The highest BCUT2D eigenvalue weighted by molar-refractivity contribution is 6.36. The molecule has 3 aromatic carbocycles. The van der Waals surface area contributed by atoms with E-state index in [1.54, 1.807) is 13.2 Å². The zero-order valence-corrected chi connectivity index (χ0v) is 16.7. The van der Waals surface area contributed by atoms with Crippen molar-refractivity contribution in [3.63, 3.8) is 0 Å². The van der Waals surface area contributed by atoms with Crippen LogP contribution in [0.5, 0.6) is 0 Å². The molecule has 28 heavy (non-hydrogen) atoms. The molecule has 4 nitrogen and oxygen atoms in total. The van der Waals surface area contributed by atoms with Crippen LogP contribution in [0.2, 0.25) is 10.0 Å². The van der Waals surface area contributed by atoms with Crippen molar-refractivity contribution >= 4 is 50.9 Å². The van der Waals surface area contributed by atoms with Crippen molar-refractivity contribution in [3.8, 4) is 0 Å². The Morgan fingerprint density at radius 1 is 1.04 bits per heavy atom. The van der Waals surface area contributed by atoms with Crippen molar-refractivity contribution in [1.82, 2.24) is 4.57 Å². The second-order valence-electron chi connectivity index (χ2n) is 6.63. The third-order valence-electron chi connectivity index (χ3n) is 4.91. The molecule has 2 N–H and O–H groups in total. The summed E-state index contributed by atoms with van der Waals surface area (Å²) in [5.74, 6) is -0.457. The smallest absolute Gasteiger partial charge is 0.249 e. The Hall–Kier alpha value is -2.53. The van der Waals surface area contributed by atoms with Gasteiger partial charge in [-0.05, 0) is 35.9 Å². The lowest BCUT2D eigenvalue weighted by Crippen LogP contribution is -2.11. The molecule has 4 rings (SSSR count). The number of primary amides is 1. The summed E-state index contributed by atoms with van der Waals surface area (Å²) in [5.41, 5.74) is 9.86. The van der Waals surface area contributed by atoms with Gasteiger partial charge in [0.1, 0.15) is 0 Å².